The lowest BCUT2D eigenvalue weighted by molar-refractivity contribution is -0.152. The Morgan fingerprint density at radius 1 is 1.32 bits per heavy atom. The third kappa shape index (κ3) is 3.80. The monoisotopic (exact) mass is 283 g/mol. The van der Waals surface area contributed by atoms with Gasteiger partial charge in [-0.15, -0.1) is 0 Å². The fraction of sp³-hybridized carbons (Fsp3) is 0.571. The lowest BCUT2D eigenvalue weighted by Crippen LogP contribution is -2.36. The van der Waals surface area contributed by atoms with E-state index in [1.54, 1.807) is 11.3 Å². The van der Waals surface area contributed by atoms with Gasteiger partial charge >= 0.3 is 5.97 Å². The number of aryl methyl sites for hydroxylation is 1. The van der Waals surface area contributed by atoms with Crippen LogP contribution in [-0.4, -0.2) is 17.0 Å². The van der Waals surface area contributed by atoms with Crippen LogP contribution in [0.4, 0.5) is 0 Å². The largest absolute Gasteiger partial charge is 0.481 e. The van der Waals surface area contributed by atoms with Crippen LogP contribution in [0.5, 0.6) is 0 Å². The van der Waals surface area contributed by atoms with Crippen molar-refractivity contribution in [1.29, 1.82) is 0 Å². The van der Waals surface area contributed by atoms with Gasteiger partial charge in [0.2, 0.25) is 5.91 Å². The van der Waals surface area contributed by atoms with Crippen LogP contribution in [0.25, 0.3) is 0 Å². The molecule has 0 radical (unpaired) electrons. The molecule has 4 nitrogen and oxygen atoms in total. The molecule has 1 amide bonds. The maximum absolute atomic E-state index is 11.9. The van der Waals surface area contributed by atoms with Crippen LogP contribution >= 0.6 is 11.3 Å². The zero-order valence-corrected chi connectivity index (χ0v) is 12.5. The van der Waals surface area contributed by atoms with E-state index in [4.69, 9.17) is 0 Å². The third-order valence-corrected chi connectivity index (χ3v) is 4.65. The molecule has 0 saturated heterocycles. The Kier molecular flexibility index (Phi) is 5.54. The Morgan fingerprint density at radius 3 is 2.37 bits per heavy atom. The van der Waals surface area contributed by atoms with Crippen LogP contribution in [0.3, 0.4) is 0 Å². The highest BCUT2D eigenvalue weighted by atomic mass is 32.1. The molecule has 0 saturated carbocycles. The molecule has 1 aromatic rings. The molecule has 0 spiro atoms. The number of nitrogens with one attached hydrogen (secondary N) is 1. The van der Waals surface area contributed by atoms with Crippen molar-refractivity contribution in [3.63, 3.8) is 0 Å². The fourth-order valence-electron chi connectivity index (χ4n) is 2.01. The van der Waals surface area contributed by atoms with Gasteiger partial charge in [0, 0.05) is 13.0 Å². The molecule has 19 heavy (non-hydrogen) atoms. The molecule has 0 aliphatic rings. The Labute approximate surface area is 117 Å². The van der Waals surface area contributed by atoms with E-state index < -0.39 is 11.4 Å². The average molecular weight is 283 g/mol. The number of hydrogen-bond donors (Lipinski definition) is 2. The number of carbonyl (C=O) groups excluding carboxylic acids is 1. The number of aliphatic carboxylic acids is 1. The fourth-order valence-corrected chi connectivity index (χ4v) is 2.87. The Morgan fingerprint density at radius 2 is 1.95 bits per heavy atom. The van der Waals surface area contributed by atoms with Gasteiger partial charge in [-0.3, -0.25) is 9.59 Å². The van der Waals surface area contributed by atoms with Gasteiger partial charge in [-0.25, -0.2) is 0 Å². The molecule has 0 aromatic carbocycles. The van der Waals surface area contributed by atoms with E-state index in [0.717, 1.165) is 11.1 Å². The summed E-state index contributed by atoms with van der Waals surface area (Å²) in [7, 11) is 0. The predicted octanol–water partition coefficient (Wildman–Crippen LogP) is 2.95. The summed E-state index contributed by atoms with van der Waals surface area (Å²) >= 11 is 1.60. The molecule has 106 valence electrons. The molecule has 0 bridgehead atoms. The minimum absolute atomic E-state index is 0.0402. The summed E-state index contributed by atoms with van der Waals surface area (Å²) in [5, 5.41) is 16.1. The maximum Gasteiger partial charge on any atom is 0.310 e. The standard InChI is InChI=1S/C14H21NO3S/c1-4-14(5-2,13(17)18)6-12(16)15-7-11-9-19-8-10(11)3/h8-9H,4-7H2,1-3H3,(H,15,16)(H,17,18). The first-order valence-corrected chi connectivity index (χ1v) is 7.41. The predicted molar refractivity (Wildman–Crippen MR) is 76.2 cm³/mol. The lowest BCUT2D eigenvalue weighted by atomic mass is 9.79. The molecule has 1 heterocycles. The number of rotatable bonds is 7. The van der Waals surface area contributed by atoms with Gasteiger partial charge in [-0.05, 0) is 41.7 Å². The minimum atomic E-state index is -0.937. The second-order valence-corrected chi connectivity index (χ2v) is 5.57. The SMILES string of the molecule is CCC(CC)(CC(=O)NCc1cscc1C)C(=O)O. The van der Waals surface area contributed by atoms with E-state index in [9.17, 15) is 14.7 Å². The quantitative estimate of drug-likeness (QED) is 0.808. The van der Waals surface area contributed by atoms with Gasteiger partial charge in [-0.2, -0.15) is 11.3 Å². The first-order chi connectivity index (χ1) is 8.95. The number of carboxylic acids is 1. The molecule has 1 rings (SSSR count). The second kappa shape index (κ2) is 6.70. The Hall–Kier alpha value is -1.36. The van der Waals surface area contributed by atoms with Crippen molar-refractivity contribution in [2.24, 2.45) is 5.41 Å². The van der Waals surface area contributed by atoms with E-state index in [0.29, 0.717) is 19.4 Å². The zero-order chi connectivity index (χ0) is 14.5. The zero-order valence-electron chi connectivity index (χ0n) is 11.7. The number of carboxylic acid groups (broad SMARTS) is 1. The van der Waals surface area contributed by atoms with Crippen molar-refractivity contribution in [1.82, 2.24) is 5.32 Å². The number of carbonyl (C=O) groups is 2. The number of hydrogen-bond acceptors (Lipinski definition) is 3. The summed E-state index contributed by atoms with van der Waals surface area (Å²) in [4.78, 5) is 23.2. The summed E-state index contributed by atoms with van der Waals surface area (Å²) in [5.74, 6) is -1.09. The maximum atomic E-state index is 11.9. The van der Waals surface area contributed by atoms with Crippen LogP contribution in [0, 0.1) is 12.3 Å². The van der Waals surface area contributed by atoms with E-state index >= 15 is 0 Å². The number of thiophene rings is 1. The van der Waals surface area contributed by atoms with Crippen LogP contribution < -0.4 is 5.32 Å². The van der Waals surface area contributed by atoms with Crippen molar-refractivity contribution in [3.8, 4) is 0 Å². The molecule has 0 aliphatic carbocycles. The van der Waals surface area contributed by atoms with Crippen molar-refractivity contribution in [2.45, 2.75) is 46.6 Å². The molecule has 2 N–H and O–H groups in total. The van der Waals surface area contributed by atoms with Gasteiger partial charge in [0.25, 0.3) is 0 Å². The van der Waals surface area contributed by atoms with E-state index in [1.807, 2.05) is 31.5 Å². The first-order valence-electron chi connectivity index (χ1n) is 6.47. The molecule has 1 aromatic heterocycles. The van der Waals surface area contributed by atoms with E-state index in [-0.39, 0.29) is 12.3 Å². The molecule has 0 unspecified atom stereocenters. The smallest absolute Gasteiger partial charge is 0.310 e. The van der Waals surface area contributed by atoms with Gasteiger partial charge in [-0.1, -0.05) is 13.8 Å². The summed E-state index contributed by atoms with van der Waals surface area (Å²) in [6, 6.07) is 0. The van der Waals surface area contributed by atoms with E-state index in [2.05, 4.69) is 5.32 Å². The summed E-state index contributed by atoms with van der Waals surface area (Å²) in [6.45, 7) is 6.09. The molecule has 0 fully saturated rings. The second-order valence-electron chi connectivity index (χ2n) is 4.83. The number of amides is 1. The highest BCUT2D eigenvalue weighted by Crippen LogP contribution is 2.30. The van der Waals surface area contributed by atoms with Crippen molar-refractivity contribution in [2.75, 3.05) is 0 Å². The van der Waals surface area contributed by atoms with Crippen molar-refractivity contribution >= 4 is 23.2 Å². The average Bonchev–Trinajstić information content (AvgIpc) is 2.79. The normalized spacial score (nSPS) is 11.3. The van der Waals surface area contributed by atoms with Gasteiger partial charge in [0.1, 0.15) is 0 Å². The van der Waals surface area contributed by atoms with Gasteiger partial charge in [0.05, 0.1) is 5.41 Å². The lowest BCUT2D eigenvalue weighted by Gasteiger charge is -2.25. The van der Waals surface area contributed by atoms with Gasteiger partial charge < -0.3 is 10.4 Å². The van der Waals surface area contributed by atoms with Crippen LogP contribution in [0.15, 0.2) is 10.8 Å². The summed E-state index contributed by atoms with van der Waals surface area (Å²) in [5.41, 5.74) is 1.31. The van der Waals surface area contributed by atoms with Crippen LogP contribution in [-0.2, 0) is 16.1 Å². The highest BCUT2D eigenvalue weighted by Gasteiger charge is 2.36. The molecule has 0 atom stereocenters. The third-order valence-electron chi connectivity index (χ3n) is 3.74. The summed E-state index contributed by atoms with van der Waals surface area (Å²) in [6.07, 6.45) is 0.964. The molecular weight excluding hydrogens is 262 g/mol. The van der Waals surface area contributed by atoms with Gasteiger partial charge in [0.15, 0.2) is 0 Å². The Bertz CT molecular complexity index is 449. The van der Waals surface area contributed by atoms with Crippen molar-refractivity contribution < 1.29 is 14.7 Å². The first kappa shape index (κ1) is 15.7. The minimum Gasteiger partial charge on any atom is -0.481 e. The van der Waals surface area contributed by atoms with Crippen molar-refractivity contribution in [3.05, 3.63) is 21.9 Å². The topological polar surface area (TPSA) is 66.4 Å². The highest BCUT2D eigenvalue weighted by molar-refractivity contribution is 7.08. The Balaban J connectivity index is 2.59. The van der Waals surface area contributed by atoms with Crippen LogP contribution in [0.1, 0.15) is 44.2 Å². The summed E-state index contributed by atoms with van der Waals surface area (Å²) < 4.78 is 0. The molecule has 5 heteroatoms. The molecular formula is C14H21NO3S. The van der Waals surface area contributed by atoms with Crippen LogP contribution in [0.2, 0.25) is 0 Å². The molecule has 0 aliphatic heterocycles. The van der Waals surface area contributed by atoms with E-state index in [1.165, 1.54) is 0 Å².